The molecular weight excluding hydrogens is 441 g/mol. The Balaban J connectivity index is 1.67. The predicted octanol–water partition coefficient (Wildman–Crippen LogP) is 4.99. The molecule has 0 radical (unpaired) electrons. The zero-order chi connectivity index (χ0) is 23.4. The number of aromatic nitrogens is 2. The number of benzene rings is 1. The van der Waals surface area contributed by atoms with Gasteiger partial charge in [-0.15, -0.1) is 0 Å². The van der Waals surface area contributed by atoms with Crippen LogP contribution in [0, 0.1) is 11.7 Å². The van der Waals surface area contributed by atoms with Gasteiger partial charge in [-0.2, -0.15) is 0 Å². The molecule has 1 atom stereocenters. The second-order valence-corrected chi connectivity index (χ2v) is 10.4. The monoisotopic (exact) mass is 471 g/mol. The minimum absolute atomic E-state index is 0.00704. The molecule has 0 amide bonds. The van der Waals surface area contributed by atoms with Crippen molar-refractivity contribution in [3.63, 3.8) is 0 Å². The van der Waals surface area contributed by atoms with Gasteiger partial charge in [-0.25, -0.2) is 16.8 Å². The molecule has 176 valence electrons. The number of halogens is 1. The number of hydrogen-bond acceptors (Lipinski definition) is 5. The lowest BCUT2D eigenvalue weighted by atomic mass is 9.86. The number of hydrogen-bond donors (Lipinski definition) is 1. The number of nitrogens with zero attached hydrogens (tertiary/aromatic N) is 2. The quantitative estimate of drug-likeness (QED) is 0.501. The highest BCUT2D eigenvalue weighted by atomic mass is 32.2. The summed E-state index contributed by atoms with van der Waals surface area (Å²) in [6.45, 7) is 2.49. The van der Waals surface area contributed by atoms with Crippen LogP contribution in [0.3, 0.4) is 0 Å². The van der Waals surface area contributed by atoms with Crippen molar-refractivity contribution in [2.24, 2.45) is 5.92 Å². The van der Waals surface area contributed by atoms with Crippen LogP contribution in [-0.2, 0) is 16.6 Å². The highest BCUT2D eigenvalue weighted by molar-refractivity contribution is 7.90. The van der Waals surface area contributed by atoms with Crippen LogP contribution in [0.15, 0.2) is 59.9 Å². The van der Waals surface area contributed by atoms with E-state index in [0.717, 1.165) is 22.4 Å². The molecule has 1 aliphatic rings. The van der Waals surface area contributed by atoms with Crippen LogP contribution in [0.5, 0.6) is 5.75 Å². The molecule has 0 aliphatic heterocycles. The van der Waals surface area contributed by atoms with E-state index in [1.165, 1.54) is 50.0 Å². The summed E-state index contributed by atoms with van der Waals surface area (Å²) in [7, 11) is -2.18. The third-order valence-electron chi connectivity index (χ3n) is 6.27. The van der Waals surface area contributed by atoms with E-state index in [9.17, 15) is 8.42 Å². The lowest BCUT2D eigenvalue weighted by molar-refractivity contribution is 0.123. The molecule has 2 heterocycles. The van der Waals surface area contributed by atoms with E-state index >= 15 is 4.39 Å². The first-order valence-electron chi connectivity index (χ1n) is 11.4. The Hall–Kier alpha value is -2.71. The highest BCUT2D eigenvalue weighted by Gasteiger charge is 2.25. The predicted molar refractivity (Wildman–Crippen MR) is 126 cm³/mol. The molecule has 1 aliphatic carbocycles. The largest absolute Gasteiger partial charge is 0.490 e. The molecule has 33 heavy (non-hydrogen) atoms. The minimum Gasteiger partial charge on any atom is -0.490 e. The number of ether oxygens (including phenoxy) is 1. The molecule has 2 aromatic heterocycles. The van der Waals surface area contributed by atoms with Crippen molar-refractivity contribution in [2.75, 3.05) is 7.05 Å². The van der Waals surface area contributed by atoms with Gasteiger partial charge in [0.15, 0.2) is 0 Å². The van der Waals surface area contributed by atoms with Crippen LogP contribution in [0.25, 0.3) is 11.3 Å². The Morgan fingerprint density at radius 3 is 2.67 bits per heavy atom. The first-order chi connectivity index (χ1) is 15.9. The second kappa shape index (κ2) is 10.1. The van der Waals surface area contributed by atoms with Gasteiger partial charge in [0.1, 0.15) is 16.5 Å². The molecule has 0 spiro atoms. The SMILES string of the molecule is CNCc1cc(-c2ccc(OC(C)C3CCCCC3)cc2F)n(S(=O)(=O)c2cccnc2)c1. The Bertz CT molecular complexity index is 1190. The first kappa shape index (κ1) is 23.4. The summed E-state index contributed by atoms with van der Waals surface area (Å²) < 4.78 is 49.1. The molecule has 0 bridgehead atoms. The molecule has 1 saturated carbocycles. The number of pyridine rings is 1. The summed E-state index contributed by atoms with van der Waals surface area (Å²) in [6.07, 6.45) is 10.3. The summed E-state index contributed by atoms with van der Waals surface area (Å²) in [5, 5.41) is 3.01. The van der Waals surface area contributed by atoms with Crippen LogP contribution in [-0.4, -0.2) is 30.5 Å². The highest BCUT2D eigenvalue weighted by Crippen LogP contribution is 2.33. The average Bonchev–Trinajstić information content (AvgIpc) is 3.25. The fourth-order valence-corrected chi connectivity index (χ4v) is 5.85. The van der Waals surface area contributed by atoms with Gasteiger partial charge in [-0.1, -0.05) is 19.3 Å². The standard InChI is InChI=1S/C25H30FN3O3S/c1-18(20-7-4-3-5-8-20)32-21-10-11-23(24(26)14-21)25-13-19(15-27-2)17-29(25)33(30,31)22-9-6-12-28-16-22/h6,9-14,16-18,20,27H,3-5,7-8,15H2,1-2H3. The summed E-state index contributed by atoms with van der Waals surface area (Å²) >= 11 is 0. The lowest BCUT2D eigenvalue weighted by Gasteiger charge is -2.28. The zero-order valence-corrected chi connectivity index (χ0v) is 19.8. The Morgan fingerprint density at radius 2 is 2.00 bits per heavy atom. The van der Waals surface area contributed by atoms with Crippen molar-refractivity contribution >= 4 is 10.0 Å². The van der Waals surface area contributed by atoms with E-state index < -0.39 is 15.8 Å². The minimum atomic E-state index is -3.95. The maximum absolute atomic E-state index is 15.3. The van der Waals surface area contributed by atoms with Gasteiger partial charge < -0.3 is 10.1 Å². The van der Waals surface area contributed by atoms with Gasteiger partial charge in [0.05, 0.1) is 11.8 Å². The van der Waals surface area contributed by atoms with Gasteiger partial charge in [0.25, 0.3) is 10.0 Å². The Morgan fingerprint density at radius 1 is 1.21 bits per heavy atom. The normalized spacial score (nSPS) is 16.0. The molecule has 1 fully saturated rings. The third-order valence-corrected chi connectivity index (χ3v) is 7.92. The van der Waals surface area contributed by atoms with E-state index in [0.29, 0.717) is 18.2 Å². The molecular formula is C25H30FN3O3S. The molecule has 1 N–H and O–H groups in total. The van der Waals surface area contributed by atoms with E-state index in [2.05, 4.69) is 10.3 Å². The topological polar surface area (TPSA) is 73.2 Å². The van der Waals surface area contributed by atoms with Crippen molar-refractivity contribution in [3.05, 3.63) is 66.4 Å². The van der Waals surface area contributed by atoms with Gasteiger partial charge in [0, 0.05) is 36.8 Å². The fourth-order valence-electron chi connectivity index (χ4n) is 4.50. The van der Waals surface area contributed by atoms with Gasteiger partial charge in [-0.3, -0.25) is 4.98 Å². The second-order valence-electron chi connectivity index (χ2n) is 8.62. The van der Waals surface area contributed by atoms with Crippen molar-refractivity contribution < 1.29 is 17.5 Å². The lowest BCUT2D eigenvalue weighted by Crippen LogP contribution is -2.25. The van der Waals surface area contributed by atoms with E-state index in [1.54, 1.807) is 31.3 Å². The molecule has 3 aromatic rings. The van der Waals surface area contributed by atoms with E-state index in [1.807, 2.05) is 6.92 Å². The third kappa shape index (κ3) is 5.12. The van der Waals surface area contributed by atoms with E-state index in [4.69, 9.17) is 4.74 Å². The number of nitrogens with one attached hydrogen (secondary N) is 1. The zero-order valence-electron chi connectivity index (χ0n) is 19.0. The average molecular weight is 472 g/mol. The summed E-state index contributed by atoms with van der Waals surface area (Å²) in [6, 6.07) is 9.37. The molecule has 4 rings (SSSR count). The van der Waals surface area contributed by atoms with Crippen molar-refractivity contribution in [1.82, 2.24) is 14.3 Å². The van der Waals surface area contributed by atoms with Gasteiger partial charge in [0.2, 0.25) is 0 Å². The maximum atomic E-state index is 15.3. The summed E-state index contributed by atoms with van der Waals surface area (Å²) in [5.74, 6) is 0.408. The van der Waals surface area contributed by atoms with Crippen LogP contribution in [0.4, 0.5) is 4.39 Å². The van der Waals surface area contributed by atoms with Gasteiger partial charge >= 0.3 is 0 Å². The molecule has 8 heteroatoms. The molecule has 1 unspecified atom stereocenters. The van der Waals surface area contributed by atoms with Crippen molar-refractivity contribution in [2.45, 2.75) is 56.6 Å². The van der Waals surface area contributed by atoms with Crippen LogP contribution < -0.4 is 10.1 Å². The fraction of sp³-hybridized carbons (Fsp3) is 0.400. The van der Waals surface area contributed by atoms with E-state index in [-0.39, 0.29) is 22.3 Å². The number of rotatable bonds is 8. The van der Waals surface area contributed by atoms with Crippen LogP contribution in [0.1, 0.15) is 44.6 Å². The van der Waals surface area contributed by atoms with Crippen molar-refractivity contribution in [1.29, 1.82) is 0 Å². The van der Waals surface area contributed by atoms with Crippen molar-refractivity contribution in [3.8, 4) is 17.0 Å². The molecule has 1 aromatic carbocycles. The Labute approximate surface area is 194 Å². The maximum Gasteiger partial charge on any atom is 0.269 e. The smallest absolute Gasteiger partial charge is 0.269 e. The molecule has 6 nitrogen and oxygen atoms in total. The van der Waals surface area contributed by atoms with Crippen LogP contribution >= 0.6 is 0 Å². The van der Waals surface area contributed by atoms with Crippen LogP contribution in [0.2, 0.25) is 0 Å². The summed E-state index contributed by atoms with van der Waals surface area (Å²) in [5.41, 5.74) is 1.18. The Kier molecular flexibility index (Phi) is 7.14. The first-order valence-corrected chi connectivity index (χ1v) is 12.8. The molecule has 0 saturated heterocycles. The summed E-state index contributed by atoms with van der Waals surface area (Å²) in [4.78, 5) is 3.96. The van der Waals surface area contributed by atoms with Gasteiger partial charge in [-0.05, 0) is 68.6 Å².